The van der Waals surface area contributed by atoms with Crippen LogP contribution < -0.4 is 4.74 Å². The molecule has 4 nitrogen and oxygen atoms in total. The number of rotatable bonds is 3. The Balaban J connectivity index is 0.00000121. The largest absolute Gasteiger partial charge is 0.480 e. The molecule has 1 aromatic heterocycles. The van der Waals surface area contributed by atoms with Crippen LogP contribution in [0.5, 0.6) is 5.75 Å². The Labute approximate surface area is 75.6 Å². The summed E-state index contributed by atoms with van der Waals surface area (Å²) in [6.45, 7) is -0.328. The van der Waals surface area contributed by atoms with Crippen molar-refractivity contribution in [2.45, 2.75) is 0 Å². The molecule has 0 saturated carbocycles. The summed E-state index contributed by atoms with van der Waals surface area (Å²) in [7, 11) is 0. The first-order valence-corrected chi connectivity index (χ1v) is 3.03. The Hall–Kier alpha value is -1.29. The standard InChI is InChI=1S/C7H7NO3.ClH/c9-7(10)5-11-6-2-1-3-8-4-6;/h1-4H,5H2,(H,9,10);1H. The van der Waals surface area contributed by atoms with E-state index in [4.69, 9.17) is 9.84 Å². The lowest BCUT2D eigenvalue weighted by Gasteiger charge is -1.99. The highest BCUT2D eigenvalue weighted by Crippen LogP contribution is 2.04. The van der Waals surface area contributed by atoms with Crippen LogP contribution in [0, 0.1) is 0 Å². The minimum Gasteiger partial charge on any atom is -0.480 e. The summed E-state index contributed by atoms with van der Waals surface area (Å²) >= 11 is 0. The summed E-state index contributed by atoms with van der Waals surface area (Å²) in [5.41, 5.74) is 0. The van der Waals surface area contributed by atoms with Gasteiger partial charge in [-0.2, -0.15) is 0 Å². The van der Waals surface area contributed by atoms with E-state index < -0.39 is 5.97 Å². The molecule has 0 unspecified atom stereocenters. The van der Waals surface area contributed by atoms with Gasteiger partial charge in [0.2, 0.25) is 0 Å². The first-order valence-electron chi connectivity index (χ1n) is 3.03. The van der Waals surface area contributed by atoms with Crippen molar-refractivity contribution in [2.75, 3.05) is 6.61 Å². The van der Waals surface area contributed by atoms with Crippen LogP contribution in [-0.2, 0) is 4.79 Å². The molecule has 0 spiro atoms. The molecule has 0 aliphatic rings. The van der Waals surface area contributed by atoms with Gasteiger partial charge < -0.3 is 9.84 Å². The molecule has 1 rings (SSSR count). The van der Waals surface area contributed by atoms with Gasteiger partial charge in [-0.15, -0.1) is 12.4 Å². The molecule has 0 amide bonds. The monoisotopic (exact) mass is 189 g/mol. The number of aliphatic carboxylic acids is 1. The van der Waals surface area contributed by atoms with E-state index in [1.54, 1.807) is 18.3 Å². The fourth-order valence-corrected chi connectivity index (χ4v) is 0.578. The summed E-state index contributed by atoms with van der Waals surface area (Å²) < 4.78 is 4.81. The van der Waals surface area contributed by atoms with E-state index in [1.165, 1.54) is 6.20 Å². The van der Waals surface area contributed by atoms with Crippen molar-refractivity contribution in [3.8, 4) is 5.75 Å². The molecule has 0 fully saturated rings. The van der Waals surface area contributed by atoms with Crippen molar-refractivity contribution < 1.29 is 14.6 Å². The number of aromatic nitrogens is 1. The maximum atomic E-state index is 10.0. The summed E-state index contributed by atoms with van der Waals surface area (Å²) in [4.78, 5) is 13.8. The third-order valence-electron chi connectivity index (χ3n) is 0.997. The third kappa shape index (κ3) is 3.78. The van der Waals surface area contributed by atoms with Gasteiger partial charge in [0.15, 0.2) is 6.61 Å². The van der Waals surface area contributed by atoms with Crippen LogP contribution >= 0.6 is 12.4 Å². The van der Waals surface area contributed by atoms with Crippen molar-refractivity contribution in [1.82, 2.24) is 4.98 Å². The molecule has 0 radical (unpaired) electrons. The predicted molar refractivity (Wildman–Crippen MR) is 44.6 cm³/mol. The number of carboxylic acids is 1. The first-order chi connectivity index (χ1) is 5.29. The fourth-order valence-electron chi connectivity index (χ4n) is 0.578. The zero-order valence-corrected chi connectivity index (χ0v) is 6.95. The summed E-state index contributed by atoms with van der Waals surface area (Å²) in [5, 5.41) is 8.23. The quantitative estimate of drug-likeness (QED) is 0.770. The van der Waals surface area contributed by atoms with Gasteiger partial charge in [0.05, 0.1) is 6.20 Å². The van der Waals surface area contributed by atoms with E-state index in [-0.39, 0.29) is 19.0 Å². The molecule has 66 valence electrons. The van der Waals surface area contributed by atoms with Crippen molar-refractivity contribution in [3.05, 3.63) is 24.5 Å². The molecule has 12 heavy (non-hydrogen) atoms. The molecule has 0 aromatic carbocycles. The smallest absolute Gasteiger partial charge is 0.341 e. The lowest BCUT2D eigenvalue weighted by atomic mass is 10.5. The van der Waals surface area contributed by atoms with Gasteiger partial charge in [-0.1, -0.05) is 0 Å². The molecule has 1 N–H and O–H groups in total. The molecule has 0 aliphatic carbocycles. The number of pyridine rings is 1. The van der Waals surface area contributed by atoms with Crippen LogP contribution in [0.15, 0.2) is 24.5 Å². The second-order valence-electron chi connectivity index (χ2n) is 1.87. The number of carbonyl (C=O) groups is 1. The van der Waals surface area contributed by atoms with Gasteiger partial charge in [-0.25, -0.2) is 4.79 Å². The average Bonchev–Trinajstić information content (AvgIpc) is 2.03. The topological polar surface area (TPSA) is 59.4 Å². The van der Waals surface area contributed by atoms with Crippen molar-refractivity contribution in [2.24, 2.45) is 0 Å². The Morgan fingerprint density at radius 1 is 1.67 bits per heavy atom. The maximum Gasteiger partial charge on any atom is 0.341 e. The van der Waals surface area contributed by atoms with Crippen LogP contribution in [-0.4, -0.2) is 22.7 Å². The number of ether oxygens (including phenoxy) is 1. The lowest BCUT2D eigenvalue weighted by molar-refractivity contribution is -0.139. The van der Waals surface area contributed by atoms with Crippen LogP contribution in [0.25, 0.3) is 0 Å². The minimum atomic E-state index is -0.992. The molecule has 1 aromatic rings. The minimum absolute atomic E-state index is 0. The van der Waals surface area contributed by atoms with Gasteiger partial charge >= 0.3 is 5.97 Å². The third-order valence-corrected chi connectivity index (χ3v) is 0.997. The van der Waals surface area contributed by atoms with Crippen LogP contribution in [0.1, 0.15) is 0 Å². The van der Waals surface area contributed by atoms with Crippen LogP contribution in [0.3, 0.4) is 0 Å². The normalized spacial score (nSPS) is 8.33. The second kappa shape index (κ2) is 5.37. The highest BCUT2D eigenvalue weighted by Gasteiger charge is 1.96. The Kier molecular flexibility index (Phi) is 4.79. The molecule has 5 heteroatoms. The zero-order chi connectivity index (χ0) is 8.10. The summed E-state index contributed by atoms with van der Waals surface area (Å²) in [5.74, 6) is -0.524. The maximum absolute atomic E-state index is 10.0. The number of halogens is 1. The molecule has 0 saturated heterocycles. The van der Waals surface area contributed by atoms with E-state index >= 15 is 0 Å². The van der Waals surface area contributed by atoms with E-state index in [1.807, 2.05) is 0 Å². The highest BCUT2D eigenvalue weighted by molar-refractivity contribution is 5.85. The van der Waals surface area contributed by atoms with Crippen molar-refractivity contribution >= 4 is 18.4 Å². The van der Waals surface area contributed by atoms with Crippen molar-refractivity contribution in [1.29, 1.82) is 0 Å². The number of nitrogens with zero attached hydrogens (tertiary/aromatic N) is 1. The Bertz CT molecular complexity index is 240. The predicted octanol–water partition coefficient (Wildman–Crippen LogP) is 0.967. The van der Waals surface area contributed by atoms with E-state index in [9.17, 15) is 4.79 Å². The first kappa shape index (κ1) is 10.7. The number of hydrogen-bond acceptors (Lipinski definition) is 3. The Morgan fingerprint density at radius 2 is 2.42 bits per heavy atom. The van der Waals surface area contributed by atoms with E-state index in [0.717, 1.165) is 0 Å². The fraction of sp³-hybridized carbons (Fsp3) is 0.143. The SMILES string of the molecule is Cl.O=C(O)COc1cccnc1. The van der Waals surface area contributed by atoms with E-state index in [2.05, 4.69) is 4.98 Å². The van der Waals surface area contributed by atoms with Gasteiger partial charge in [0, 0.05) is 6.20 Å². The van der Waals surface area contributed by atoms with Crippen LogP contribution in [0.2, 0.25) is 0 Å². The average molecular weight is 190 g/mol. The molecule has 0 atom stereocenters. The number of carboxylic acid groups (broad SMARTS) is 1. The summed E-state index contributed by atoms with van der Waals surface area (Å²) in [6, 6.07) is 3.33. The molecule has 0 bridgehead atoms. The zero-order valence-electron chi connectivity index (χ0n) is 6.14. The number of hydrogen-bond donors (Lipinski definition) is 1. The van der Waals surface area contributed by atoms with Gasteiger partial charge in [0.1, 0.15) is 5.75 Å². The van der Waals surface area contributed by atoms with Gasteiger partial charge in [-0.3, -0.25) is 4.98 Å². The molecular weight excluding hydrogens is 182 g/mol. The lowest BCUT2D eigenvalue weighted by Crippen LogP contribution is -2.09. The van der Waals surface area contributed by atoms with E-state index in [0.29, 0.717) is 5.75 Å². The molecule has 1 heterocycles. The van der Waals surface area contributed by atoms with Crippen molar-refractivity contribution in [3.63, 3.8) is 0 Å². The summed E-state index contributed by atoms with van der Waals surface area (Å²) in [6.07, 6.45) is 3.05. The van der Waals surface area contributed by atoms with Gasteiger partial charge in [-0.05, 0) is 12.1 Å². The second-order valence-corrected chi connectivity index (χ2v) is 1.87. The molecule has 0 aliphatic heterocycles. The Morgan fingerprint density at radius 3 is 2.92 bits per heavy atom. The highest BCUT2D eigenvalue weighted by atomic mass is 35.5. The van der Waals surface area contributed by atoms with Crippen LogP contribution in [0.4, 0.5) is 0 Å². The molecular formula is C7H8ClNO3. The van der Waals surface area contributed by atoms with Gasteiger partial charge in [0.25, 0.3) is 0 Å².